The number of hydrogen-bond donors (Lipinski definition) is 1. The van der Waals surface area contributed by atoms with Crippen LogP contribution >= 0.6 is 27.7 Å². The molecule has 9 nitrogen and oxygen atoms in total. The topological polar surface area (TPSA) is 116 Å². The number of non-ortho nitro benzene ring substituents is 1. The van der Waals surface area contributed by atoms with Crippen LogP contribution in [0, 0.1) is 17.0 Å². The smallest absolute Gasteiger partial charge is 0.269 e. The molecule has 0 radical (unpaired) electrons. The van der Waals surface area contributed by atoms with E-state index >= 15 is 0 Å². The van der Waals surface area contributed by atoms with Crippen LogP contribution in [0.5, 0.6) is 5.88 Å². The Labute approximate surface area is 200 Å². The summed E-state index contributed by atoms with van der Waals surface area (Å²) in [5, 5.41) is 23.4. The Bertz CT molecular complexity index is 1390. The number of nitro benzene ring substituents is 1. The molecule has 33 heavy (non-hydrogen) atoms. The van der Waals surface area contributed by atoms with Crippen molar-refractivity contribution in [3.63, 3.8) is 0 Å². The maximum Gasteiger partial charge on any atom is 0.269 e. The van der Waals surface area contributed by atoms with Crippen molar-refractivity contribution >= 4 is 39.1 Å². The maximum atomic E-state index is 11.0. The number of aryl methyl sites for hydroxylation is 1. The summed E-state index contributed by atoms with van der Waals surface area (Å²) in [6, 6.07) is 14.0. The lowest BCUT2D eigenvalue weighted by molar-refractivity contribution is -0.384. The molecule has 1 aliphatic heterocycles. The van der Waals surface area contributed by atoms with E-state index in [-0.39, 0.29) is 5.69 Å². The lowest BCUT2D eigenvalue weighted by Gasteiger charge is -2.16. The highest BCUT2D eigenvalue weighted by atomic mass is 79.9. The minimum Gasteiger partial charge on any atom is -0.455 e. The third-order valence-electron chi connectivity index (χ3n) is 5.14. The predicted octanol–water partition coefficient (Wildman–Crippen LogP) is 6.00. The van der Waals surface area contributed by atoms with Crippen LogP contribution in [0.25, 0.3) is 22.6 Å². The second kappa shape index (κ2) is 8.49. The van der Waals surface area contributed by atoms with E-state index in [1.807, 2.05) is 43.5 Å². The summed E-state index contributed by atoms with van der Waals surface area (Å²) in [6.07, 6.45) is 1.19. The third-order valence-corrected chi connectivity index (χ3v) is 6.17. The first-order valence-corrected chi connectivity index (χ1v) is 11.8. The van der Waals surface area contributed by atoms with Crippen LogP contribution < -0.4 is 10.1 Å². The molecule has 0 aliphatic carbocycles. The summed E-state index contributed by atoms with van der Waals surface area (Å²) in [5.41, 5.74) is 3.65. The van der Waals surface area contributed by atoms with E-state index in [1.54, 1.807) is 6.07 Å². The van der Waals surface area contributed by atoms with Crippen LogP contribution in [0.2, 0.25) is 0 Å². The molecule has 3 heterocycles. The molecule has 0 spiro atoms. The number of furan rings is 1. The monoisotopic (exact) mass is 525 g/mol. The Hall–Kier alpha value is -3.44. The van der Waals surface area contributed by atoms with Crippen molar-refractivity contribution in [3.05, 3.63) is 74.4 Å². The second-order valence-corrected chi connectivity index (χ2v) is 8.93. The summed E-state index contributed by atoms with van der Waals surface area (Å²) in [4.78, 5) is 15.1. The molecule has 2 aromatic heterocycles. The largest absolute Gasteiger partial charge is 0.455 e. The van der Waals surface area contributed by atoms with Gasteiger partial charge in [-0.05, 0) is 55.1 Å². The molecule has 5 rings (SSSR count). The van der Waals surface area contributed by atoms with Crippen molar-refractivity contribution < 1.29 is 14.1 Å². The first kappa shape index (κ1) is 21.4. The van der Waals surface area contributed by atoms with Crippen molar-refractivity contribution in [2.75, 3.05) is 11.6 Å². The number of benzene rings is 2. The van der Waals surface area contributed by atoms with Gasteiger partial charge >= 0.3 is 0 Å². The molecular weight excluding hydrogens is 510 g/mol. The van der Waals surface area contributed by atoms with E-state index in [1.165, 1.54) is 23.9 Å². The van der Waals surface area contributed by atoms with Crippen LogP contribution in [0.15, 0.2) is 62.6 Å². The molecule has 1 N–H and O–H groups in total. The quantitative estimate of drug-likeness (QED) is 0.194. The first-order valence-electron chi connectivity index (χ1n) is 9.80. The molecule has 0 saturated heterocycles. The Kier molecular flexibility index (Phi) is 5.51. The average molecular weight is 526 g/mol. The van der Waals surface area contributed by atoms with Crippen molar-refractivity contribution in [2.45, 2.75) is 18.3 Å². The fraction of sp³-hybridized carbons (Fsp3) is 0.136. The van der Waals surface area contributed by atoms with E-state index in [9.17, 15) is 10.1 Å². The number of ether oxygens (including phenoxy) is 1. The second-order valence-electron chi connectivity index (χ2n) is 7.24. The van der Waals surface area contributed by atoms with Gasteiger partial charge in [-0.1, -0.05) is 27.7 Å². The third kappa shape index (κ3) is 4.05. The molecule has 0 fully saturated rings. The number of nitrogens with one attached hydrogen (secondary N) is 1. The van der Waals surface area contributed by atoms with Gasteiger partial charge in [-0.3, -0.25) is 10.1 Å². The van der Waals surface area contributed by atoms with Gasteiger partial charge in [-0.25, -0.2) is 0 Å². The summed E-state index contributed by atoms with van der Waals surface area (Å²) in [7, 11) is 0. The van der Waals surface area contributed by atoms with Crippen LogP contribution in [0.4, 0.5) is 11.4 Å². The molecular formula is C22H16BrN5O4S. The first-order chi connectivity index (χ1) is 15.9. The van der Waals surface area contributed by atoms with E-state index < -0.39 is 11.2 Å². The molecule has 166 valence electrons. The van der Waals surface area contributed by atoms with Crippen molar-refractivity contribution in [2.24, 2.45) is 0 Å². The zero-order chi connectivity index (χ0) is 23.1. The minimum absolute atomic E-state index is 0.0351. The van der Waals surface area contributed by atoms with Gasteiger partial charge in [-0.15, -0.1) is 10.2 Å². The normalized spacial score (nSPS) is 14.5. The molecule has 0 saturated carbocycles. The summed E-state index contributed by atoms with van der Waals surface area (Å²) in [6.45, 7) is 1.81. The number of thioether (sulfide) groups is 1. The fourth-order valence-corrected chi connectivity index (χ4v) is 4.22. The number of nitro groups is 1. The Morgan fingerprint density at radius 3 is 2.73 bits per heavy atom. The highest BCUT2D eigenvalue weighted by Crippen LogP contribution is 2.41. The molecule has 1 atom stereocenters. The van der Waals surface area contributed by atoms with E-state index in [0.29, 0.717) is 28.3 Å². The minimum atomic E-state index is -0.676. The van der Waals surface area contributed by atoms with E-state index in [0.717, 1.165) is 26.9 Å². The Morgan fingerprint density at radius 1 is 1.12 bits per heavy atom. The zero-order valence-electron chi connectivity index (χ0n) is 17.4. The lowest BCUT2D eigenvalue weighted by Crippen LogP contribution is -2.16. The van der Waals surface area contributed by atoms with Crippen LogP contribution in [0.1, 0.15) is 17.6 Å². The summed E-state index contributed by atoms with van der Waals surface area (Å²) >= 11 is 4.87. The van der Waals surface area contributed by atoms with Gasteiger partial charge in [0.1, 0.15) is 5.76 Å². The SMILES string of the molecule is CSc1nnc2c(n1)O[C@H](c1ccc(-c3ccc([N+](=O)[O-])cc3C)o1)Nc1ccc(Br)cc1-2. The van der Waals surface area contributed by atoms with Crippen LogP contribution in [0.3, 0.4) is 0 Å². The number of fused-ring (bicyclic) bond motifs is 3. The standard InChI is InChI=1S/C22H16BrN5O4S/c1-11-9-13(28(29)30)4-5-14(11)17-7-8-18(31-17)20-24-16-6-3-12(23)10-15(16)19-21(32-20)25-22(33-2)27-26-19/h3-10,20,24H,1-2H3/t20-/m1/s1. The Morgan fingerprint density at radius 2 is 1.97 bits per heavy atom. The van der Waals surface area contributed by atoms with Gasteiger partial charge < -0.3 is 14.5 Å². The highest BCUT2D eigenvalue weighted by molar-refractivity contribution is 9.10. The van der Waals surface area contributed by atoms with Crippen molar-refractivity contribution in [1.82, 2.24) is 15.2 Å². The zero-order valence-corrected chi connectivity index (χ0v) is 19.8. The lowest BCUT2D eigenvalue weighted by atomic mass is 10.1. The summed E-state index contributed by atoms with van der Waals surface area (Å²) in [5.74, 6) is 1.44. The molecule has 0 unspecified atom stereocenters. The van der Waals surface area contributed by atoms with Gasteiger partial charge in [0.15, 0.2) is 11.5 Å². The van der Waals surface area contributed by atoms with Gasteiger partial charge in [0.25, 0.3) is 5.69 Å². The van der Waals surface area contributed by atoms with E-state index in [2.05, 4.69) is 36.4 Å². The van der Waals surface area contributed by atoms with Crippen LogP contribution in [-0.2, 0) is 0 Å². The molecule has 1 aliphatic rings. The molecule has 11 heteroatoms. The number of rotatable bonds is 4. The van der Waals surface area contributed by atoms with Gasteiger partial charge in [0, 0.05) is 33.4 Å². The number of nitrogens with zero attached hydrogens (tertiary/aromatic N) is 4. The molecule has 2 aromatic carbocycles. The van der Waals surface area contributed by atoms with E-state index in [4.69, 9.17) is 9.15 Å². The number of halogens is 1. The predicted molar refractivity (Wildman–Crippen MR) is 127 cm³/mol. The van der Waals surface area contributed by atoms with Crippen molar-refractivity contribution in [1.29, 1.82) is 0 Å². The average Bonchev–Trinajstić information content (AvgIpc) is 3.23. The highest BCUT2D eigenvalue weighted by Gasteiger charge is 2.28. The molecule has 0 bridgehead atoms. The fourth-order valence-electron chi connectivity index (χ4n) is 3.56. The number of anilines is 1. The number of hydrogen-bond acceptors (Lipinski definition) is 9. The molecule has 0 amide bonds. The Balaban J connectivity index is 1.55. The molecule has 4 aromatic rings. The van der Waals surface area contributed by atoms with Crippen molar-refractivity contribution in [3.8, 4) is 28.5 Å². The van der Waals surface area contributed by atoms with Gasteiger partial charge in [0.2, 0.25) is 17.3 Å². The number of aromatic nitrogens is 3. The van der Waals surface area contributed by atoms with Crippen LogP contribution in [-0.4, -0.2) is 26.4 Å². The van der Waals surface area contributed by atoms with Gasteiger partial charge in [-0.2, -0.15) is 4.98 Å². The van der Waals surface area contributed by atoms with Gasteiger partial charge in [0.05, 0.1) is 4.92 Å². The summed E-state index contributed by atoms with van der Waals surface area (Å²) < 4.78 is 13.2. The maximum absolute atomic E-state index is 11.0.